The van der Waals surface area contributed by atoms with Gasteiger partial charge >= 0.3 is 0 Å². The molecule has 0 unspecified atom stereocenters. The highest BCUT2D eigenvalue weighted by atomic mass is 16.5. The van der Waals surface area contributed by atoms with E-state index < -0.39 is 5.41 Å². The minimum atomic E-state index is -0.665. The molecule has 2 fully saturated rings. The van der Waals surface area contributed by atoms with Crippen molar-refractivity contribution in [2.24, 2.45) is 5.41 Å². The van der Waals surface area contributed by atoms with Crippen LogP contribution in [-0.4, -0.2) is 71.5 Å². The average molecular weight is 423 g/mol. The van der Waals surface area contributed by atoms with Crippen LogP contribution in [-0.2, 0) is 20.7 Å². The zero-order valence-electron chi connectivity index (χ0n) is 18.3. The highest BCUT2D eigenvalue weighted by molar-refractivity contribution is 5.86. The maximum atomic E-state index is 13.5. The van der Waals surface area contributed by atoms with Crippen molar-refractivity contribution in [3.05, 3.63) is 48.5 Å². The summed E-state index contributed by atoms with van der Waals surface area (Å²) in [5.41, 5.74) is 2.35. The fourth-order valence-corrected chi connectivity index (χ4v) is 4.92. The van der Waals surface area contributed by atoms with Gasteiger partial charge in [-0.2, -0.15) is 0 Å². The summed E-state index contributed by atoms with van der Waals surface area (Å²) in [6, 6.07) is 8.09. The van der Waals surface area contributed by atoms with Gasteiger partial charge in [-0.05, 0) is 43.2 Å². The zero-order valence-corrected chi connectivity index (χ0v) is 18.3. The third kappa shape index (κ3) is 4.46. The lowest BCUT2D eigenvalue weighted by Crippen LogP contribution is -2.55. The number of hydrogen-bond acceptors (Lipinski definition) is 5. The number of piperidine rings is 1. The SMILES string of the molecule is CN(C)C(=O)[C@@]1(Cc2ccccc2-c2cncnc2)CCCN(C(=O)[C@H]2CCCO2)C1. The van der Waals surface area contributed by atoms with Gasteiger partial charge in [0.05, 0.1) is 5.41 Å². The minimum absolute atomic E-state index is 0.0258. The Morgan fingerprint density at radius 1 is 1.19 bits per heavy atom. The number of amides is 2. The van der Waals surface area contributed by atoms with Crippen LogP contribution in [0.2, 0.25) is 0 Å². The van der Waals surface area contributed by atoms with Gasteiger partial charge in [0.25, 0.3) is 5.91 Å². The summed E-state index contributed by atoms with van der Waals surface area (Å²) in [6.07, 6.45) is 8.52. The molecule has 164 valence electrons. The van der Waals surface area contributed by atoms with E-state index in [-0.39, 0.29) is 17.9 Å². The first-order chi connectivity index (χ1) is 15.0. The molecule has 2 atom stereocenters. The Kier molecular flexibility index (Phi) is 6.32. The summed E-state index contributed by atoms with van der Waals surface area (Å²) >= 11 is 0. The largest absolute Gasteiger partial charge is 0.368 e. The predicted molar refractivity (Wildman–Crippen MR) is 117 cm³/mol. The van der Waals surface area contributed by atoms with E-state index in [1.54, 1.807) is 31.4 Å². The van der Waals surface area contributed by atoms with Gasteiger partial charge in [-0.3, -0.25) is 9.59 Å². The van der Waals surface area contributed by atoms with E-state index >= 15 is 0 Å². The van der Waals surface area contributed by atoms with Gasteiger partial charge in [0.2, 0.25) is 5.91 Å². The third-order valence-corrected chi connectivity index (χ3v) is 6.37. The Morgan fingerprint density at radius 2 is 1.97 bits per heavy atom. The Balaban J connectivity index is 1.66. The molecule has 4 rings (SSSR count). The molecular formula is C24H30N4O3. The van der Waals surface area contributed by atoms with E-state index in [0.29, 0.717) is 26.1 Å². The van der Waals surface area contributed by atoms with Crippen molar-refractivity contribution in [2.75, 3.05) is 33.8 Å². The molecule has 7 nitrogen and oxygen atoms in total. The number of rotatable bonds is 5. The first kappa shape index (κ1) is 21.4. The van der Waals surface area contributed by atoms with Crippen molar-refractivity contribution in [3.8, 4) is 11.1 Å². The van der Waals surface area contributed by atoms with Gasteiger partial charge in [-0.1, -0.05) is 24.3 Å². The first-order valence-corrected chi connectivity index (χ1v) is 11.0. The summed E-state index contributed by atoms with van der Waals surface area (Å²) in [4.78, 5) is 38.4. The molecule has 0 spiro atoms. The lowest BCUT2D eigenvalue weighted by atomic mass is 9.73. The second-order valence-corrected chi connectivity index (χ2v) is 8.81. The molecule has 2 aromatic rings. The molecule has 3 heterocycles. The van der Waals surface area contributed by atoms with Gasteiger partial charge in [0.1, 0.15) is 12.4 Å². The van der Waals surface area contributed by atoms with Gasteiger partial charge in [-0.25, -0.2) is 9.97 Å². The fraction of sp³-hybridized carbons (Fsp3) is 0.500. The zero-order chi connectivity index (χ0) is 21.8. The number of hydrogen-bond donors (Lipinski definition) is 0. The van der Waals surface area contributed by atoms with Crippen molar-refractivity contribution in [1.82, 2.24) is 19.8 Å². The molecule has 1 aromatic heterocycles. The molecule has 0 N–H and O–H groups in total. The number of likely N-dealkylation sites (tertiary alicyclic amines) is 1. The molecule has 0 saturated carbocycles. The molecule has 0 bridgehead atoms. The summed E-state index contributed by atoms with van der Waals surface area (Å²) < 4.78 is 5.64. The molecule has 0 aliphatic carbocycles. The van der Waals surface area contributed by atoms with Crippen molar-refractivity contribution in [2.45, 2.75) is 38.2 Å². The first-order valence-electron chi connectivity index (χ1n) is 11.0. The number of carbonyl (C=O) groups excluding carboxylic acids is 2. The summed E-state index contributed by atoms with van der Waals surface area (Å²) in [7, 11) is 3.59. The predicted octanol–water partition coefficient (Wildman–Crippen LogP) is 2.56. The molecule has 1 aromatic carbocycles. The van der Waals surface area contributed by atoms with Gasteiger partial charge in [0, 0.05) is 51.7 Å². The molecule has 2 amide bonds. The summed E-state index contributed by atoms with van der Waals surface area (Å²) in [5.74, 6) is 0.0920. The van der Waals surface area contributed by atoms with Crippen molar-refractivity contribution >= 4 is 11.8 Å². The summed E-state index contributed by atoms with van der Waals surface area (Å²) in [5, 5.41) is 0. The highest BCUT2D eigenvalue weighted by Crippen LogP contribution is 2.38. The van der Waals surface area contributed by atoms with Crippen LogP contribution in [0.15, 0.2) is 43.0 Å². The van der Waals surface area contributed by atoms with Crippen molar-refractivity contribution < 1.29 is 14.3 Å². The number of nitrogens with zero attached hydrogens (tertiary/aromatic N) is 4. The molecule has 2 aliphatic heterocycles. The van der Waals surface area contributed by atoms with Gasteiger partial charge in [-0.15, -0.1) is 0 Å². The van der Waals surface area contributed by atoms with E-state index in [4.69, 9.17) is 4.74 Å². The Hall–Kier alpha value is -2.80. The number of aromatic nitrogens is 2. The Labute approximate surface area is 183 Å². The standard InChI is InChI=1S/C24H30N4O3/c1-27(2)23(30)24(10-6-11-28(16-24)22(29)21-9-5-12-31-21)13-18-7-3-4-8-20(18)19-14-25-17-26-15-19/h3-4,7-8,14-15,17,21H,5-6,9-13,16H2,1-2H3/t21-,24-/m1/s1. The topological polar surface area (TPSA) is 75.6 Å². The molecule has 7 heteroatoms. The molecule has 2 aliphatic rings. The monoisotopic (exact) mass is 422 g/mol. The van der Waals surface area contributed by atoms with Gasteiger partial charge in [0.15, 0.2) is 0 Å². The third-order valence-electron chi connectivity index (χ3n) is 6.37. The molecular weight excluding hydrogens is 392 g/mol. The minimum Gasteiger partial charge on any atom is -0.368 e. The van der Waals surface area contributed by atoms with E-state index in [1.165, 1.54) is 6.33 Å². The maximum absolute atomic E-state index is 13.5. The second-order valence-electron chi connectivity index (χ2n) is 8.81. The Morgan fingerprint density at radius 3 is 2.68 bits per heavy atom. The van der Waals surface area contributed by atoms with E-state index in [1.807, 2.05) is 23.1 Å². The van der Waals surface area contributed by atoms with E-state index in [9.17, 15) is 9.59 Å². The quantitative estimate of drug-likeness (QED) is 0.740. The molecule has 2 saturated heterocycles. The van der Waals surface area contributed by atoms with Crippen LogP contribution in [0.5, 0.6) is 0 Å². The van der Waals surface area contributed by atoms with E-state index in [2.05, 4.69) is 16.0 Å². The van der Waals surface area contributed by atoms with Crippen molar-refractivity contribution in [1.29, 1.82) is 0 Å². The Bertz CT molecular complexity index is 927. The van der Waals surface area contributed by atoms with Crippen LogP contribution < -0.4 is 0 Å². The second kappa shape index (κ2) is 9.14. The normalized spacial score (nSPS) is 23.5. The smallest absolute Gasteiger partial charge is 0.251 e. The molecule has 0 radical (unpaired) electrons. The summed E-state index contributed by atoms with van der Waals surface area (Å²) in [6.45, 7) is 1.73. The number of benzene rings is 1. The lowest BCUT2D eigenvalue weighted by molar-refractivity contribution is -0.151. The maximum Gasteiger partial charge on any atom is 0.251 e. The number of carbonyl (C=O) groups is 2. The van der Waals surface area contributed by atoms with Crippen LogP contribution in [0.3, 0.4) is 0 Å². The fourth-order valence-electron chi connectivity index (χ4n) is 4.92. The lowest BCUT2D eigenvalue weighted by Gasteiger charge is -2.44. The highest BCUT2D eigenvalue weighted by Gasteiger charge is 2.45. The van der Waals surface area contributed by atoms with E-state index in [0.717, 1.165) is 42.4 Å². The molecule has 31 heavy (non-hydrogen) atoms. The van der Waals surface area contributed by atoms with Crippen molar-refractivity contribution in [3.63, 3.8) is 0 Å². The average Bonchev–Trinajstić information content (AvgIpc) is 3.34. The van der Waals surface area contributed by atoms with Crippen LogP contribution in [0.4, 0.5) is 0 Å². The number of ether oxygens (including phenoxy) is 1. The van der Waals surface area contributed by atoms with Crippen LogP contribution in [0.25, 0.3) is 11.1 Å². The van der Waals surface area contributed by atoms with Crippen LogP contribution >= 0.6 is 0 Å². The van der Waals surface area contributed by atoms with Crippen LogP contribution in [0, 0.1) is 5.41 Å². The van der Waals surface area contributed by atoms with Crippen LogP contribution in [0.1, 0.15) is 31.2 Å². The van der Waals surface area contributed by atoms with Gasteiger partial charge < -0.3 is 14.5 Å².